The second kappa shape index (κ2) is 6.13. The van der Waals surface area contributed by atoms with Crippen LogP contribution in [0.5, 0.6) is 0 Å². The van der Waals surface area contributed by atoms with E-state index in [1.807, 2.05) is 13.8 Å². The van der Waals surface area contributed by atoms with E-state index < -0.39 is 12.1 Å². The average molecular weight is 277 g/mol. The molecule has 5 heteroatoms. The van der Waals surface area contributed by atoms with E-state index in [4.69, 9.17) is 9.57 Å². The molecule has 0 aromatic heterocycles. The number of hydrogen-bond acceptors (Lipinski definition) is 5. The molecule has 0 amide bonds. The first-order valence-electron chi connectivity index (χ1n) is 6.84. The van der Waals surface area contributed by atoms with Gasteiger partial charge in [-0.15, -0.1) is 0 Å². The molecule has 1 heterocycles. The summed E-state index contributed by atoms with van der Waals surface area (Å²) in [6.07, 6.45) is 4.23. The Hall–Kier alpha value is -1.75. The molecule has 0 bridgehead atoms. The highest BCUT2D eigenvalue weighted by Crippen LogP contribution is 2.20. The zero-order chi connectivity index (χ0) is 14.7. The summed E-state index contributed by atoms with van der Waals surface area (Å²) in [7, 11) is 0. The Bertz CT molecular complexity index is 508. The van der Waals surface area contributed by atoms with Crippen LogP contribution in [-0.4, -0.2) is 30.2 Å². The van der Waals surface area contributed by atoms with E-state index >= 15 is 0 Å². The van der Waals surface area contributed by atoms with Gasteiger partial charge in [0, 0.05) is 12.2 Å². The molecule has 1 aliphatic carbocycles. The highest BCUT2D eigenvalue weighted by Gasteiger charge is 2.26. The Balaban J connectivity index is 2.09. The average Bonchev–Trinajstić information content (AvgIpc) is 2.90. The highest BCUT2D eigenvalue weighted by molar-refractivity contribution is 6.21. The van der Waals surface area contributed by atoms with Gasteiger partial charge in [-0.2, -0.15) is 0 Å². The Labute approximate surface area is 118 Å². The molecule has 2 aliphatic rings. The van der Waals surface area contributed by atoms with Crippen molar-refractivity contribution in [3.05, 3.63) is 23.3 Å². The van der Waals surface area contributed by atoms with Crippen molar-refractivity contribution in [1.29, 1.82) is 0 Å². The summed E-state index contributed by atoms with van der Waals surface area (Å²) in [6.45, 7) is 6.23. The summed E-state index contributed by atoms with van der Waals surface area (Å²) < 4.78 is 5.23. The lowest BCUT2D eigenvalue weighted by Gasteiger charge is -2.14. The molecular weight excluding hydrogens is 258 g/mol. The smallest absolute Gasteiger partial charge is 0.363 e. The zero-order valence-electron chi connectivity index (χ0n) is 12.0. The van der Waals surface area contributed by atoms with Crippen LogP contribution in [0.15, 0.2) is 28.5 Å². The van der Waals surface area contributed by atoms with E-state index in [1.165, 1.54) is 6.08 Å². The number of carbonyl (C=O) groups is 2. The predicted molar refractivity (Wildman–Crippen MR) is 74.2 cm³/mol. The lowest BCUT2D eigenvalue weighted by molar-refractivity contribution is -0.154. The molecule has 1 unspecified atom stereocenters. The first-order valence-corrected chi connectivity index (χ1v) is 6.84. The molecule has 1 fully saturated rings. The Morgan fingerprint density at radius 1 is 1.45 bits per heavy atom. The fourth-order valence-corrected chi connectivity index (χ4v) is 2.15. The summed E-state index contributed by atoms with van der Waals surface area (Å²) in [4.78, 5) is 28.5. The minimum atomic E-state index is -0.512. The number of ether oxygens (including phenoxy) is 1. The van der Waals surface area contributed by atoms with Crippen LogP contribution in [0.4, 0.5) is 0 Å². The lowest BCUT2D eigenvalue weighted by Crippen LogP contribution is -2.21. The van der Waals surface area contributed by atoms with Crippen LogP contribution < -0.4 is 0 Å². The van der Waals surface area contributed by atoms with Crippen molar-refractivity contribution >= 4 is 17.5 Å². The van der Waals surface area contributed by atoms with Crippen LogP contribution >= 0.6 is 0 Å². The fourth-order valence-electron chi connectivity index (χ4n) is 2.15. The van der Waals surface area contributed by atoms with Crippen LogP contribution in [-0.2, 0) is 19.2 Å². The van der Waals surface area contributed by atoms with Crippen molar-refractivity contribution < 1.29 is 19.2 Å². The Morgan fingerprint density at radius 2 is 2.20 bits per heavy atom. The SMILES string of the molecule is CC1=CC(=O)C(C(C)C)=CC1=NOC(=O)C1CCCO1. The van der Waals surface area contributed by atoms with Gasteiger partial charge in [-0.3, -0.25) is 4.79 Å². The van der Waals surface area contributed by atoms with Gasteiger partial charge < -0.3 is 9.57 Å². The van der Waals surface area contributed by atoms with Crippen LogP contribution in [0.1, 0.15) is 33.6 Å². The lowest BCUT2D eigenvalue weighted by atomic mass is 9.90. The molecule has 0 N–H and O–H groups in total. The number of carbonyl (C=O) groups excluding carboxylic acids is 2. The zero-order valence-corrected chi connectivity index (χ0v) is 12.0. The molecule has 1 aliphatic heterocycles. The van der Waals surface area contributed by atoms with Gasteiger partial charge in [0.1, 0.15) is 5.71 Å². The van der Waals surface area contributed by atoms with Gasteiger partial charge in [-0.05, 0) is 43.4 Å². The topological polar surface area (TPSA) is 65.0 Å². The third-order valence-corrected chi connectivity index (χ3v) is 3.38. The number of allylic oxidation sites excluding steroid dienone is 4. The Morgan fingerprint density at radius 3 is 2.80 bits per heavy atom. The van der Waals surface area contributed by atoms with Gasteiger partial charge in [0.2, 0.25) is 0 Å². The maximum absolute atomic E-state index is 11.8. The molecule has 1 saturated heterocycles. The predicted octanol–water partition coefficient (Wildman–Crippen LogP) is 2.18. The quantitative estimate of drug-likeness (QED) is 0.450. The molecule has 0 spiro atoms. The van der Waals surface area contributed by atoms with Crippen molar-refractivity contribution in [1.82, 2.24) is 0 Å². The van der Waals surface area contributed by atoms with Crippen LogP contribution in [0, 0.1) is 5.92 Å². The molecule has 0 saturated carbocycles. The summed E-state index contributed by atoms with van der Waals surface area (Å²) in [6, 6.07) is 0. The number of nitrogens with zero attached hydrogens (tertiary/aromatic N) is 1. The molecule has 108 valence electrons. The molecule has 0 aromatic rings. The first-order chi connectivity index (χ1) is 9.49. The molecule has 0 aromatic carbocycles. The second-order valence-corrected chi connectivity index (χ2v) is 5.33. The third-order valence-electron chi connectivity index (χ3n) is 3.38. The monoisotopic (exact) mass is 277 g/mol. The van der Waals surface area contributed by atoms with Gasteiger partial charge in [-0.25, -0.2) is 4.79 Å². The molecule has 2 rings (SSSR count). The third kappa shape index (κ3) is 3.22. The maximum atomic E-state index is 11.8. The van der Waals surface area contributed by atoms with Crippen molar-refractivity contribution in [3.8, 4) is 0 Å². The molecular formula is C15H19NO4. The van der Waals surface area contributed by atoms with E-state index in [1.54, 1.807) is 13.0 Å². The van der Waals surface area contributed by atoms with Crippen molar-refractivity contribution in [2.24, 2.45) is 11.1 Å². The van der Waals surface area contributed by atoms with Gasteiger partial charge in [0.25, 0.3) is 0 Å². The maximum Gasteiger partial charge on any atom is 0.363 e. The van der Waals surface area contributed by atoms with Gasteiger partial charge in [0.05, 0.1) is 0 Å². The number of hydrogen-bond donors (Lipinski definition) is 0. The standard InChI is InChI=1S/C15H19NO4/c1-9(2)11-8-12(10(3)7-13(11)17)16-20-15(18)14-5-4-6-19-14/h7-9,14H,4-6H2,1-3H3. The van der Waals surface area contributed by atoms with E-state index in [0.717, 1.165) is 6.42 Å². The molecule has 5 nitrogen and oxygen atoms in total. The second-order valence-electron chi connectivity index (χ2n) is 5.33. The van der Waals surface area contributed by atoms with Crippen LogP contribution in [0.3, 0.4) is 0 Å². The summed E-state index contributed by atoms with van der Waals surface area (Å²) in [5, 5.41) is 3.87. The molecule has 0 radical (unpaired) electrons. The van der Waals surface area contributed by atoms with E-state index in [-0.39, 0.29) is 11.7 Å². The number of rotatable bonds is 3. The fraction of sp³-hybridized carbons (Fsp3) is 0.533. The molecule has 20 heavy (non-hydrogen) atoms. The van der Waals surface area contributed by atoms with Crippen molar-refractivity contribution in [2.75, 3.05) is 6.61 Å². The van der Waals surface area contributed by atoms with Gasteiger partial charge >= 0.3 is 5.97 Å². The van der Waals surface area contributed by atoms with Gasteiger partial charge in [0.15, 0.2) is 11.9 Å². The Kier molecular flexibility index (Phi) is 4.49. The molecule has 1 atom stereocenters. The number of ketones is 1. The van der Waals surface area contributed by atoms with Crippen LogP contribution in [0.25, 0.3) is 0 Å². The van der Waals surface area contributed by atoms with E-state index in [2.05, 4.69) is 5.16 Å². The highest BCUT2D eigenvalue weighted by atomic mass is 16.7. The van der Waals surface area contributed by atoms with Gasteiger partial charge in [-0.1, -0.05) is 19.0 Å². The van der Waals surface area contributed by atoms with E-state index in [9.17, 15) is 9.59 Å². The van der Waals surface area contributed by atoms with E-state index in [0.29, 0.717) is 29.9 Å². The number of oxime groups is 1. The normalized spacial score (nSPS) is 24.9. The summed E-state index contributed by atoms with van der Waals surface area (Å²) >= 11 is 0. The van der Waals surface area contributed by atoms with Crippen molar-refractivity contribution in [2.45, 2.75) is 39.7 Å². The summed E-state index contributed by atoms with van der Waals surface area (Å²) in [5.74, 6) is -0.382. The van der Waals surface area contributed by atoms with Crippen molar-refractivity contribution in [3.63, 3.8) is 0 Å². The summed E-state index contributed by atoms with van der Waals surface area (Å²) in [5.41, 5.74) is 1.88. The minimum Gasteiger partial charge on any atom is -0.366 e. The minimum absolute atomic E-state index is 0.0121. The largest absolute Gasteiger partial charge is 0.366 e. The first kappa shape index (κ1) is 14.7. The van der Waals surface area contributed by atoms with Crippen LogP contribution in [0.2, 0.25) is 0 Å².